The van der Waals surface area contributed by atoms with Gasteiger partial charge < -0.3 is 9.30 Å². The lowest BCUT2D eigenvalue weighted by Gasteiger charge is -2.32. The molecule has 0 bridgehead atoms. The van der Waals surface area contributed by atoms with E-state index in [2.05, 4.69) is 9.47 Å². The summed E-state index contributed by atoms with van der Waals surface area (Å²) in [6.07, 6.45) is 5.80. The average Bonchev–Trinajstić information content (AvgIpc) is 3.13. The predicted molar refractivity (Wildman–Crippen MR) is 97.4 cm³/mol. The van der Waals surface area contributed by atoms with Crippen molar-refractivity contribution < 1.29 is 9.53 Å². The molecule has 0 N–H and O–H groups in total. The van der Waals surface area contributed by atoms with E-state index in [0.717, 1.165) is 29.7 Å². The molecular weight excluding hydrogens is 338 g/mol. The zero-order valence-electron chi connectivity index (χ0n) is 14.7. The smallest absolute Gasteiger partial charge is 0.323 e. The van der Waals surface area contributed by atoms with Crippen LogP contribution >= 0.6 is 11.6 Å². The fourth-order valence-electron chi connectivity index (χ4n) is 4.68. The van der Waals surface area contributed by atoms with Gasteiger partial charge in [-0.2, -0.15) is 0 Å². The molecule has 25 heavy (non-hydrogen) atoms. The minimum atomic E-state index is -0.151. The molecule has 1 saturated heterocycles. The normalized spacial score (nSPS) is 26.8. The van der Waals surface area contributed by atoms with E-state index in [0.29, 0.717) is 23.5 Å². The maximum Gasteiger partial charge on any atom is 0.323 e. The minimum absolute atomic E-state index is 0.115. The molecule has 1 aromatic heterocycles. The first-order valence-electron chi connectivity index (χ1n) is 9.03. The maximum atomic E-state index is 12.4. The Hall–Kier alpha value is -1.59. The molecular formula is C19H24ClN3O2. The number of nitrogens with zero attached hydrogens (tertiary/aromatic N) is 3. The molecule has 0 radical (unpaired) electrons. The number of ether oxygens (including phenoxy) is 1. The Balaban J connectivity index is 1.67. The number of hydrogen-bond acceptors (Lipinski definition) is 4. The van der Waals surface area contributed by atoms with E-state index >= 15 is 0 Å². The number of methoxy groups -OCH3 is 1. The summed E-state index contributed by atoms with van der Waals surface area (Å²) in [6.45, 7) is 0.670. The molecule has 1 aromatic carbocycles. The Morgan fingerprint density at radius 3 is 2.96 bits per heavy atom. The summed E-state index contributed by atoms with van der Waals surface area (Å²) in [7, 11) is 3.51. The van der Waals surface area contributed by atoms with Crippen molar-refractivity contribution in [2.24, 2.45) is 13.0 Å². The van der Waals surface area contributed by atoms with E-state index in [-0.39, 0.29) is 12.0 Å². The highest BCUT2D eigenvalue weighted by Crippen LogP contribution is 2.41. The van der Waals surface area contributed by atoms with E-state index in [9.17, 15) is 4.79 Å². The van der Waals surface area contributed by atoms with Crippen molar-refractivity contribution >= 4 is 28.6 Å². The molecule has 1 saturated carbocycles. The van der Waals surface area contributed by atoms with Gasteiger partial charge in [0.2, 0.25) is 0 Å². The summed E-state index contributed by atoms with van der Waals surface area (Å²) in [5.41, 5.74) is 1.97. The van der Waals surface area contributed by atoms with Gasteiger partial charge in [-0.05, 0) is 43.4 Å². The summed E-state index contributed by atoms with van der Waals surface area (Å²) in [5.74, 6) is 1.45. The van der Waals surface area contributed by atoms with E-state index in [1.54, 1.807) is 0 Å². The largest absolute Gasteiger partial charge is 0.468 e. The van der Waals surface area contributed by atoms with Crippen LogP contribution in [0.15, 0.2) is 18.2 Å². The molecule has 4 rings (SSSR count). The van der Waals surface area contributed by atoms with Gasteiger partial charge in [-0.1, -0.05) is 24.4 Å². The van der Waals surface area contributed by atoms with Gasteiger partial charge in [0.1, 0.15) is 11.9 Å². The number of halogens is 1. The number of likely N-dealkylation sites (tertiary alicyclic amines) is 1. The molecule has 2 fully saturated rings. The second-order valence-corrected chi connectivity index (χ2v) is 7.72. The summed E-state index contributed by atoms with van der Waals surface area (Å²) in [6, 6.07) is 6.09. The molecule has 1 aliphatic heterocycles. The lowest BCUT2D eigenvalue weighted by molar-refractivity contribution is -0.146. The summed E-state index contributed by atoms with van der Waals surface area (Å²) < 4.78 is 7.20. The van der Waals surface area contributed by atoms with Crippen molar-refractivity contribution in [1.29, 1.82) is 0 Å². The standard InChI is InChI=1S/C19H24ClN3O2/c1-22-16-8-7-13(20)10-14(16)21-18(22)11-23-15-6-4-3-5-12(15)9-17(23)19(24)25-2/h7-8,10,12,15,17H,3-6,9,11H2,1-2H3/t12-,15+,17+/m1/s1. The zero-order chi connectivity index (χ0) is 17.6. The molecule has 5 nitrogen and oxygen atoms in total. The van der Waals surface area contributed by atoms with Crippen LogP contribution in [0.25, 0.3) is 11.0 Å². The number of hydrogen-bond donors (Lipinski definition) is 0. The van der Waals surface area contributed by atoms with Crippen molar-refractivity contribution in [3.63, 3.8) is 0 Å². The fourth-order valence-corrected chi connectivity index (χ4v) is 4.84. The van der Waals surface area contributed by atoms with Gasteiger partial charge in [0, 0.05) is 18.1 Å². The summed E-state index contributed by atoms with van der Waals surface area (Å²) in [4.78, 5) is 19.5. The van der Waals surface area contributed by atoms with Crippen LogP contribution in [0.2, 0.25) is 5.02 Å². The van der Waals surface area contributed by atoms with E-state index in [1.165, 1.54) is 26.4 Å². The van der Waals surface area contributed by atoms with Crippen LogP contribution in [-0.2, 0) is 23.1 Å². The minimum Gasteiger partial charge on any atom is -0.468 e. The second-order valence-electron chi connectivity index (χ2n) is 7.28. The van der Waals surface area contributed by atoms with Crippen LogP contribution in [0.5, 0.6) is 0 Å². The number of aryl methyl sites for hydroxylation is 1. The van der Waals surface area contributed by atoms with E-state index in [4.69, 9.17) is 21.3 Å². The number of carbonyl (C=O) groups is 1. The number of aromatic nitrogens is 2. The lowest BCUT2D eigenvalue weighted by Crippen LogP contribution is -2.42. The SMILES string of the molecule is COC(=O)[C@@H]1C[C@H]2CCCC[C@@H]2N1Cc1nc2cc(Cl)ccc2n1C. The highest BCUT2D eigenvalue weighted by molar-refractivity contribution is 6.31. The topological polar surface area (TPSA) is 47.4 Å². The molecule has 6 heteroatoms. The van der Waals surface area contributed by atoms with Gasteiger partial charge in [-0.25, -0.2) is 4.98 Å². The predicted octanol–water partition coefficient (Wildman–Crippen LogP) is 3.53. The Kier molecular flexibility index (Phi) is 4.46. The third kappa shape index (κ3) is 2.93. The number of carbonyl (C=O) groups excluding carboxylic acids is 1. The quantitative estimate of drug-likeness (QED) is 0.784. The van der Waals surface area contributed by atoms with Gasteiger partial charge in [-0.15, -0.1) is 0 Å². The Labute approximate surface area is 152 Å². The molecule has 1 aliphatic carbocycles. The maximum absolute atomic E-state index is 12.4. The van der Waals surface area contributed by atoms with Crippen molar-refractivity contribution in [2.75, 3.05) is 7.11 Å². The van der Waals surface area contributed by atoms with Crippen molar-refractivity contribution in [3.8, 4) is 0 Å². The molecule has 0 unspecified atom stereocenters. The molecule has 134 valence electrons. The number of fused-ring (bicyclic) bond motifs is 2. The van der Waals surface area contributed by atoms with Crippen LogP contribution in [-0.4, -0.2) is 39.6 Å². The van der Waals surface area contributed by atoms with E-state index < -0.39 is 0 Å². The van der Waals surface area contributed by atoms with Crippen molar-refractivity contribution in [2.45, 2.75) is 50.7 Å². The van der Waals surface area contributed by atoms with Gasteiger partial charge >= 0.3 is 5.97 Å². The molecule has 2 aromatic rings. The summed E-state index contributed by atoms with van der Waals surface area (Å²) in [5, 5.41) is 0.693. The second kappa shape index (κ2) is 6.61. The number of benzene rings is 1. The Morgan fingerprint density at radius 2 is 2.16 bits per heavy atom. The Bertz CT molecular complexity index is 803. The lowest BCUT2D eigenvalue weighted by atomic mass is 9.85. The van der Waals surface area contributed by atoms with E-state index in [1.807, 2.05) is 25.2 Å². The number of rotatable bonds is 3. The Morgan fingerprint density at radius 1 is 1.36 bits per heavy atom. The third-order valence-electron chi connectivity index (χ3n) is 5.95. The van der Waals surface area contributed by atoms with Crippen LogP contribution < -0.4 is 0 Å². The number of imidazole rings is 1. The fraction of sp³-hybridized carbons (Fsp3) is 0.579. The third-order valence-corrected chi connectivity index (χ3v) is 6.19. The number of esters is 1. The van der Waals surface area contributed by atoms with Crippen LogP contribution in [0.4, 0.5) is 0 Å². The first-order valence-corrected chi connectivity index (χ1v) is 9.40. The van der Waals surface area contributed by atoms with Gasteiger partial charge in [0.05, 0.1) is 24.7 Å². The molecule has 2 heterocycles. The average molecular weight is 362 g/mol. The molecule has 0 amide bonds. The first-order chi connectivity index (χ1) is 12.1. The molecule has 3 atom stereocenters. The van der Waals surface area contributed by atoms with Crippen molar-refractivity contribution in [3.05, 3.63) is 29.0 Å². The highest BCUT2D eigenvalue weighted by Gasteiger charge is 2.45. The molecule has 0 spiro atoms. The molecule has 2 aliphatic rings. The van der Waals surface area contributed by atoms with Crippen molar-refractivity contribution in [1.82, 2.24) is 14.5 Å². The zero-order valence-corrected chi connectivity index (χ0v) is 15.5. The monoisotopic (exact) mass is 361 g/mol. The van der Waals surface area contributed by atoms with Gasteiger partial charge in [0.15, 0.2) is 0 Å². The first kappa shape index (κ1) is 16.9. The highest BCUT2D eigenvalue weighted by atomic mass is 35.5. The van der Waals surface area contributed by atoms with Crippen LogP contribution in [0.3, 0.4) is 0 Å². The van der Waals surface area contributed by atoms with Crippen LogP contribution in [0, 0.1) is 5.92 Å². The van der Waals surface area contributed by atoms with Gasteiger partial charge in [-0.3, -0.25) is 9.69 Å². The van der Waals surface area contributed by atoms with Gasteiger partial charge in [0.25, 0.3) is 0 Å². The summed E-state index contributed by atoms with van der Waals surface area (Å²) >= 11 is 6.10. The van der Waals surface area contributed by atoms with Crippen LogP contribution in [0.1, 0.15) is 37.9 Å².